The van der Waals surface area contributed by atoms with Crippen LogP contribution < -0.4 is 5.32 Å². The second kappa shape index (κ2) is 7.20. The summed E-state index contributed by atoms with van der Waals surface area (Å²) in [6.45, 7) is 7.69. The normalized spacial score (nSPS) is 17.0. The van der Waals surface area contributed by atoms with E-state index in [2.05, 4.69) is 17.3 Å². The second-order valence-electron chi connectivity index (χ2n) is 5.31. The zero-order valence-electron chi connectivity index (χ0n) is 12.7. The average molecular weight is 312 g/mol. The van der Waals surface area contributed by atoms with Crippen LogP contribution in [-0.2, 0) is 16.6 Å². The number of nitrogens with one attached hydrogen (secondary N) is 1. The molecule has 7 heteroatoms. The van der Waals surface area contributed by atoms with E-state index in [1.807, 2.05) is 13.0 Å². The highest BCUT2D eigenvalue weighted by Gasteiger charge is 2.26. The Hall–Kier alpha value is -1.18. The third-order valence-corrected chi connectivity index (χ3v) is 5.46. The van der Waals surface area contributed by atoms with Crippen LogP contribution in [0.2, 0.25) is 0 Å². The molecule has 0 atom stereocenters. The van der Waals surface area contributed by atoms with Gasteiger partial charge in [-0.2, -0.15) is 9.40 Å². The van der Waals surface area contributed by atoms with Crippen LogP contribution in [0.5, 0.6) is 0 Å². The zero-order chi connectivity index (χ0) is 15.3. The number of sulfonamides is 1. The Balaban J connectivity index is 1.99. The lowest BCUT2D eigenvalue weighted by Crippen LogP contribution is -2.34. The third kappa shape index (κ3) is 4.15. The topological polar surface area (TPSA) is 67.2 Å². The number of aryl methyl sites for hydroxylation is 1. The van der Waals surface area contributed by atoms with Crippen LogP contribution >= 0.6 is 0 Å². The summed E-state index contributed by atoms with van der Waals surface area (Å²) in [5.41, 5.74) is 1.25. The van der Waals surface area contributed by atoms with Gasteiger partial charge in [-0.15, -0.1) is 0 Å². The Morgan fingerprint density at radius 2 is 2.24 bits per heavy atom. The molecule has 0 fully saturated rings. The Morgan fingerprint density at radius 1 is 1.43 bits per heavy atom. The smallest absolute Gasteiger partial charge is 0.246 e. The standard InChI is InChI=1S/C14H24N4O2S/c1-3-15-7-4-8-17-12-14(11-16-17)21(19,20)18-9-5-13(2)6-10-18/h5,11-12,15H,3-4,6-10H2,1-2H3. The first-order chi connectivity index (χ1) is 10.0. The van der Waals surface area contributed by atoms with Crippen LogP contribution in [0, 0.1) is 0 Å². The minimum Gasteiger partial charge on any atom is -0.317 e. The molecule has 21 heavy (non-hydrogen) atoms. The zero-order valence-corrected chi connectivity index (χ0v) is 13.6. The molecule has 0 saturated carbocycles. The van der Waals surface area contributed by atoms with E-state index in [0.29, 0.717) is 18.0 Å². The summed E-state index contributed by atoms with van der Waals surface area (Å²) in [6.07, 6.45) is 6.79. The van der Waals surface area contributed by atoms with Crippen molar-refractivity contribution in [2.45, 2.75) is 38.1 Å². The number of nitrogens with zero attached hydrogens (tertiary/aromatic N) is 3. The van der Waals surface area contributed by atoms with Crippen LogP contribution in [0.25, 0.3) is 0 Å². The molecule has 1 aliphatic rings. The Kier molecular flexibility index (Phi) is 5.55. The molecule has 0 bridgehead atoms. The molecule has 1 N–H and O–H groups in total. The van der Waals surface area contributed by atoms with Crippen molar-refractivity contribution < 1.29 is 8.42 Å². The predicted octanol–water partition coefficient (Wildman–Crippen LogP) is 1.22. The molecule has 6 nitrogen and oxygen atoms in total. The van der Waals surface area contributed by atoms with E-state index in [4.69, 9.17) is 0 Å². The SMILES string of the molecule is CCNCCCn1cc(S(=O)(=O)N2CC=C(C)CC2)cn1. The number of hydrogen-bond donors (Lipinski definition) is 1. The highest BCUT2D eigenvalue weighted by Crippen LogP contribution is 2.19. The van der Waals surface area contributed by atoms with E-state index < -0.39 is 10.0 Å². The van der Waals surface area contributed by atoms with Gasteiger partial charge in [0.05, 0.1) is 6.20 Å². The van der Waals surface area contributed by atoms with E-state index in [9.17, 15) is 8.42 Å². The molecule has 0 saturated heterocycles. The van der Waals surface area contributed by atoms with Crippen molar-refractivity contribution in [3.8, 4) is 0 Å². The van der Waals surface area contributed by atoms with E-state index in [1.165, 1.54) is 16.1 Å². The molecule has 0 spiro atoms. The Bertz CT molecular complexity index is 592. The van der Waals surface area contributed by atoms with Crippen LogP contribution in [0.4, 0.5) is 0 Å². The first-order valence-corrected chi connectivity index (χ1v) is 8.87. The molecule has 1 aromatic rings. The number of aromatic nitrogens is 2. The maximum Gasteiger partial charge on any atom is 0.246 e. The molecule has 0 aliphatic carbocycles. The van der Waals surface area contributed by atoms with Crippen molar-refractivity contribution in [3.05, 3.63) is 24.0 Å². The summed E-state index contributed by atoms with van der Waals surface area (Å²) in [5.74, 6) is 0. The second-order valence-corrected chi connectivity index (χ2v) is 7.25. The van der Waals surface area contributed by atoms with Gasteiger partial charge in [-0.25, -0.2) is 8.42 Å². The van der Waals surface area contributed by atoms with Gasteiger partial charge >= 0.3 is 0 Å². The van der Waals surface area contributed by atoms with Crippen LogP contribution in [0.15, 0.2) is 28.9 Å². The van der Waals surface area contributed by atoms with Crippen LogP contribution in [0.3, 0.4) is 0 Å². The van der Waals surface area contributed by atoms with E-state index in [-0.39, 0.29) is 0 Å². The molecule has 0 amide bonds. The fourth-order valence-electron chi connectivity index (χ4n) is 2.26. The summed E-state index contributed by atoms with van der Waals surface area (Å²) in [6, 6.07) is 0. The molecule has 2 rings (SSSR count). The number of rotatable bonds is 7. The summed E-state index contributed by atoms with van der Waals surface area (Å²) in [4.78, 5) is 0.291. The Labute approximate surface area is 126 Å². The molecule has 2 heterocycles. The highest BCUT2D eigenvalue weighted by molar-refractivity contribution is 7.89. The van der Waals surface area contributed by atoms with Gasteiger partial charge < -0.3 is 5.32 Å². The molecule has 1 aliphatic heterocycles. The fourth-order valence-corrected chi connectivity index (χ4v) is 3.60. The highest BCUT2D eigenvalue weighted by atomic mass is 32.2. The first kappa shape index (κ1) is 16.2. The maximum atomic E-state index is 12.5. The molecule has 1 aromatic heterocycles. The summed E-state index contributed by atoms with van der Waals surface area (Å²) >= 11 is 0. The van der Waals surface area contributed by atoms with Gasteiger partial charge in [-0.1, -0.05) is 18.6 Å². The summed E-state index contributed by atoms with van der Waals surface area (Å²) in [7, 11) is -3.41. The van der Waals surface area contributed by atoms with Crippen molar-refractivity contribution >= 4 is 10.0 Å². The quantitative estimate of drug-likeness (QED) is 0.607. The van der Waals surface area contributed by atoms with E-state index >= 15 is 0 Å². The molecule has 118 valence electrons. The molecular weight excluding hydrogens is 288 g/mol. The van der Waals surface area contributed by atoms with Crippen LogP contribution in [-0.4, -0.2) is 48.7 Å². The van der Waals surface area contributed by atoms with Crippen molar-refractivity contribution in [1.82, 2.24) is 19.4 Å². The van der Waals surface area contributed by atoms with Crippen molar-refractivity contribution in [1.29, 1.82) is 0 Å². The summed E-state index contributed by atoms with van der Waals surface area (Å²) in [5, 5.41) is 7.39. The fraction of sp³-hybridized carbons (Fsp3) is 0.643. The average Bonchev–Trinajstić information content (AvgIpc) is 2.94. The van der Waals surface area contributed by atoms with Gasteiger partial charge in [0, 0.05) is 25.8 Å². The first-order valence-electron chi connectivity index (χ1n) is 7.43. The lowest BCUT2D eigenvalue weighted by atomic mass is 10.1. The van der Waals surface area contributed by atoms with Gasteiger partial charge in [0.1, 0.15) is 4.90 Å². The third-order valence-electron chi connectivity index (χ3n) is 3.64. The van der Waals surface area contributed by atoms with Gasteiger partial charge in [0.2, 0.25) is 10.0 Å². The van der Waals surface area contributed by atoms with Crippen molar-refractivity contribution in [2.75, 3.05) is 26.2 Å². The van der Waals surface area contributed by atoms with Gasteiger partial charge in [-0.3, -0.25) is 4.68 Å². The van der Waals surface area contributed by atoms with E-state index in [0.717, 1.165) is 32.5 Å². The Morgan fingerprint density at radius 3 is 2.90 bits per heavy atom. The molecule has 0 radical (unpaired) electrons. The molecule has 0 aromatic carbocycles. The van der Waals surface area contributed by atoms with Gasteiger partial charge in [-0.05, 0) is 32.9 Å². The largest absolute Gasteiger partial charge is 0.317 e. The van der Waals surface area contributed by atoms with E-state index in [1.54, 1.807) is 10.9 Å². The summed E-state index contributed by atoms with van der Waals surface area (Å²) < 4.78 is 28.2. The van der Waals surface area contributed by atoms with Crippen molar-refractivity contribution in [3.63, 3.8) is 0 Å². The number of hydrogen-bond acceptors (Lipinski definition) is 4. The maximum absolute atomic E-state index is 12.5. The monoisotopic (exact) mass is 312 g/mol. The lowest BCUT2D eigenvalue weighted by molar-refractivity contribution is 0.431. The van der Waals surface area contributed by atoms with Gasteiger partial charge in [0.25, 0.3) is 0 Å². The van der Waals surface area contributed by atoms with Gasteiger partial charge in [0.15, 0.2) is 0 Å². The van der Waals surface area contributed by atoms with Crippen LogP contribution in [0.1, 0.15) is 26.7 Å². The predicted molar refractivity (Wildman–Crippen MR) is 82.5 cm³/mol. The molecule has 0 unspecified atom stereocenters. The minimum absolute atomic E-state index is 0.291. The van der Waals surface area contributed by atoms with Crippen molar-refractivity contribution in [2.24, 2.45) is 0 Å². The lowest BCUT2D eigenvalue weighted by Gasteiger charge is -2.23. The minimum atomic E-state index is -3.41. The molecular formula is C14H24N4O2S.